The second kappa shape index (κ2) is 6.62. The summed E-state index contributed by atoms with van der Waals surface area (Å²) < 4.78 is 23.2. The van der Waals surface area contributed by atoms with Crippen LogP contribution in [0, 0.1) is 0 Å². The normalized spacial score (nSPS) is 27.2. The topological polar surface area (TPSA) is 78.5 Å². The Labute approximate surface area is 127 Å². The fraction of sp³-hybridized carbons (Fsp3) is 0.929. The summed E-state index contributed by atoms with van der Waals surface area (Å²) in [5, 5.41) is 6.15. The molecule has 2 fully saturated rings. The van der Waals surface area contributed by atoms with Crippen molar-refractivity contribution < 1.29 is 13.2 Å². The van der Waals surface area contributed by atoms with Gasteiger partial charge < -0.3 is 15.5 Å². The molecular formula is C14H27N3O3S. The molecule has 0 aromatic carbocycles. The van der Waals surface area contributed by atoms with E-state index in [1.165, 1.54) is 6.26 Å². The zero-order valence-corrected chi connectivity index (χ0v) is 13.8. The maximum atomic E-state index is 12.7. The first-order valence-corrected chi connectivity index (χ1v) is 9.72. The van der Waals surface area contributed by atoms with Crippen molar-refractivity contribution in [3.63, 3.8) is 0 Å². The van der Waals surface area contributed by atoms with Crippen LogP contribution in [0.15, 0.2) is 0 Å². The highest BCUT2D eigenvalue weighted by Gasteiger charge is 2.49. The first-order valence-electron chi connectivity index (χ1n) is 7.83. The van der Waals surface area contributed by atoms with Crippen molar-refractivity contribution in [1.29, 1.82) is 0 Å². The highest BCUT2D eigenvalue weighted by atomic mass is 32.2. The average Bonchev–Trinajstić information content (AvgIpc) is 2.47. The van der Waals surface area contributed by atoms with Crippen LogP contribution >= 0.6 is 0 Å². The van der Waals surface area contributed by atoms with E-state index in [0.717, 1.165) is 32.5 Å². The Kier molecular flexibility index (Phi) is 5.27. The monoisotopic (exact) mass is 317 g/mol. The van der Waals surface area contributed by atoms with Gasteiger partial charge in [-0.2, -0.15) is 0 Å². The number of hydrogen-bond acceptors (Lipinski definition) is 5. The van der Waals surface area contributed by atoms with Gasteiger partial charge in [0.05, 0.1) is 0 Å². The van der Waals surface area contributed by atoms with Crippen molar-refractivity contribution >= 4 is 15.7 Å². The molecule has 122 valence electrons. The summed E-state index contributed by atoms with van der Waals surface area (Å²) in [5.74, 6) is -0.297. The van der Waals surface area contributed by atoms with Crippen LogP contribution in [0.25, 0.3) is 0 Å². The molecule has 2 rings (SSSR count). The summed E-state index contributed by atoms with van der Waals surface area (Å²) in [4.78, 5) is 15.0. The van der Waals surface area contributed by atoms with Crippen LogP contribution in [0.5, 0.6) is 0 Å². The Hall–Kier alpha value is -0.660. The van der Waals surface area contributed by atoms with E-state index in [1.54, 1.807) is 0 Å². The predicted molar refractivity (Wildman–Crippen MR) is 83.0 cm³/mol. The van der Waals surface area contributed by atoms with E-state index in [2.05, 4.69) is 22.5 Å². The summed E-state index contributed by atoms with van der Waals surface area (Å²) in [5.41, 5.74) is 0. The first kappa shape index (κ1) is 16.7. The summed E-state index contributed by atoms with van der Waals surface area (Å²) in [6.45, 7) is 6.10. The molecule has 1 amide bonds. The minimum absolute atomic E-state index is 0.0692. The molecule has 6 nitrogen and oxygen atoms in total. The minimum Gasteiger partial charge on any atom is -0.351 e. The van der Waals surface area contributed by atoms with Gasteiger partial charge >= 0.3 is 0 Å². The van der Waals surface area contributed by atoms with Crippen molar-refractivity contribution in [3.05, 3.63) is 0 Å². The third-order valence-corrected chi connectivity index (χ3v) is 6.84. The number of carbonyl (C=O) groups excluding carboxylic acids is 1. The van der Waals surface area contributed by atoms with Crippen LogP contribution in [-0.4, -0.2) is 69.0 Å². The van der Waals surface area contributed by atoms with Gasteiger partial charge in [-0.1, -0.05) is 6.92 Å². The predicted octanol–water partition coefficient (Wildman–Crippen LogP) is -0.246. The lowest BCUT2D eigenvalue weighted by atomic mass is 9.94. The van der Waals surface area contributed by atoms with Gasteiger partial charge in [0.25, 0.3) is 0 Å². The lowest BCUT2D eigenvalue weighted by molar-refractivity contribution is -0.125. The highest BCUT2D eigenvalue weighted by Crippen LogP contribution is 2.28. The van der Waals surface area contributed by atoms with Gasteiger partial charge in [-0.05, 0) is 51.9 Å². The van der Waals surface area contributed by atoms with Gasteiger partial charge in [0.1, 0.15) is 0 Å². The maximum Gasteiger partial charge on any atom is 0.241 e. The lowest BCUT2D eigenvalue weighted by Gasteiger charge is -2.38. The summed E-state index contributed by atoms with van der Waals surface area (Å²) >= 11 is 0. The van der Waals surface area contributed by atoms with E-state index in [1.807, 2.05) is 0 Å². The Balaban J connectivity index is 2.09. The Morgan fingerprint density at radius 3 is 2.62 bits per heavy atom. The molecule has 0 aliphatic carbocycles. The van der Waals surface area contributed by atoms with Crippen LogP contribution in [0.2, 0.25) is 0 Å². The van der Waals surface area contributed by atoms with Crippen LogP contribution in [0.4, 0.5) is 0 Å². The van der Waals surface area contributed by atoms with E-state index in [-0.39, 0.29) is 11.9 Å². The molecule has 2 aliphatic rings. The molecule has 21 heavy (non-hydrogen) atoms. The molecule has 0 bridgehead atoms. The SMILES string of the molecule is CCN1CCCC(NC(=O)C2(S(C)(=O)=O)CCNCC2)C1. The Morgan fingerprint density at radius 1 is 1.38 bits per heavy atom. The molecule has 2 saturated heterocycles. The second-order valence-corrected chi connectivity index (χ2v) is 8.55. The van der Waals surface area contributed by atoms with Gasteiger partial charge in [0.15, 0.2) is 14.6 Å². The molecule has 2 N–H and O–H groups in total. The maximum absolute atomic E-state index is 12.7. The number of nitrogens with zero attached hydrogens (tertiary/aromatic N) is 1. The number of likely N-dealkylation sites (tertiary alicyclic amines) is 1. The van der Waals surface area contributed by atoms with Crippen molar-refractivity contribution in [2.75, 3.05) is 39.0 Å². The molecule has 0 saturated carbocycles. The number of nitrogens with one attached hydrogen (secondary N) is 2. The molecule has 7 heteroatoms. The number of likely N-dealkylation sites (N-methyl/N-ethyl adjacent to an activating group) is 1. The second-order valence-electron chi connectivity index (χ2n) is 6.22. The van der Waals surface area contributed by atoms with Crippen LogP contribution < -0.4 is 10.6 Å². The van der Waals surface area contributed by atoms with Gasteiger partial charge in [0, 0.05) is 18.8 Å². The largest absolute Gasteiger partial charge is 0.351 e. The van der Waals surface area contributed by atoms with Crippen LogP contribution in [-0.2, 0) is 14.6 Å². The summed E-state index contributed by atoms with van der Waals surface area (Å²) in [7, 11) is -3.42. The van der Waals surface area contributed by atoms with Crippen molar-refractivity contribution in [2.45, 2.75) is 43.4 Å². The number of piperidine rings is 2. The summed E-state index contributed by atoms with van der Waals surface area (Å²) in [6, 6.07) is 0.0692. The average molecular weight is 317 g/mol. The highest BCUT2D eigenvalue weighted by molar-refractivity contribution is 7.92. The molecule has 0 radical (unpaired) electrons. The minimum atomic E-state index is -3.42. The third-order valence-electron chi connectivity index (χ3n) is 4.82. The van der Waals surface area contributed by atoms with E-state index in [4.69, 9.17) is 0 Å². The molecular weight excluding hydrogens is 290 g/mol. The van der Waals surface area contributed by atoms with Crippen molar-refractivity contribution in [2.24, 2.45) is 0 Å². The zero-order valence-electron chi connectivity index (χ0n) is 13.0. The molecule has 2 heterocycles. The smallest absolute Gasteiger partial charge is 0.241 e. The molecule has 1 unspecified atom stereocenters. The molecule has 1 atom stereocenters. The van der Waals surface area contributed by atoms with Crippen molar-refractivity contribution in [3.8, 4) is 0 Å². The fourth-order valence-electron chi connectivity index (χ4n) is 3.37. The Bertz CT molecular complexity index is 472. The van der Waals surface area contributed by atoms with E-state index >= 15 is 0 Å². The molecule has 0 spiro atoms. The van der Waals surface area contributed by atoms with Gasteiger partial charge in [-0.15, -0.1) is 0 Å². The molecule has 0 aromatic heterocycles. The van der Waals surface area contributed by atoms with Crippen LogP contribution in [0.3, 0.4) is 0 Å². The molecule has 2 aliphatic heterocycles. The quantitative estimate of drug-likeness (QED) is 0.748. The van der Waals surface area contributed by atoms with Gasteiger partial charge in [-0.25, -0.2) is 8.42 Å². The molecule has 0 aromatic rings. The number of sulfone groups is 1. The van der Waals surface area contributed by atoms with Gasteiger partial charge in [0.2, 0.25) is 5.91 Å². The van der Waals surface area contributed by atoms with Crippen LogP contribution in [0.1, 0.15) is 32.6 Å². The third kappa shape index (κ3) is 3.57. The van der Waals surface area contributed by atoms with E-state index in [0.29, 0.717) is 25.9 Å². The standard InChI is InChI=1S/C14H27N3O3S/c1-3-17-10-4-5-12(11-17)16-13(18)14(21(2,19)20)6-8-15-9-7-14/h12,15H,3-11H2,1-2H3,(H,16,18). The fourth-order valence-corrected chi connectivity index (χ4v) is 4.72. The lowest BCUT2D eigenvalue weighted by Crippen LogP contribution is -2.60. The van der Waals surface area contributed by atoms with E-state index < -0.39 is 14.6 Å². The van der Waals surface area contributed by atoms with E-state index in [9.17, 15) is 13.2 Å². The Morgan fingerprint density at radius 2 is 2.05 bits per heavy atom. The van der Waals surface area contributed by atoms with Gasteiger partial charge in [-0.3, -0.25) is 4.79 Å². The number of carbonyl (C=O) groups is 1. The zero-order chi connectivity index (χ0) is 15.5. The van der Waals surface area contributed by atoms with Crippen molar-refractivity contribution in [1.82, 2.24) is 15.5 Å². The number of amides is 1. The summed E-state index contributed by atoms with van der Waals surface area (Å²) in [6.07, 6.45) is 3.90. The number of rotatable bonds is 4. The number of hydrogen-bond donors (Lipinski definition) is 2. The first-order chi connectivity index (χ1) is 9.89.